The van der Waals surface area contributed by atoms with Crippen molar-refractivity contribution in [1.82, 2.24) is 9.88 Å². The summed E-state index contributed by atoms with van der Waals surface area (Å²) in [6.45, 7) is 2.22. The molecule has 2 N–H and O–H groups in total. The third-order valence-electron chi connectivity index (χ3n) is 3.65. The van der Waals surface area contributed by atoms with Gasteiger partial charge in [0.1, 0.15) is 10.4 Å². The van der Waals surface area contributed by atoms with Gasteiger partial charge in [0.25, 0.3) is 5.91 Å². The maximum absolute atomic E-state index is 12.6. The summed E-state index contributed by atoms with van der Waals surface area (Å²) < 4.78 is 6.12. The van der Waals surface area contributed by atoms with Crippen molar-refractivity contribution >= 4 is 33.1 Å². The first-order valence-electron chi connectivity index (χ1n) is 6.62. The van der Waals surface area contributed by atoms with Crippen molar-refractivity contribution in [3.05, 3.63) is 23.2 Å². The summed E-state index contributed by atoms with van der Waals surface area (Å²) in [6, 6.07) is 3.80. The van der Waals surface area contributed by atoms with E-state index in [9.17, 15) is 4.79 Å². The molecule has 1 fully saturated rings. The third kappa shape index (κ3) is 2.25. The van der Waals surface area contributed by atoms with Gasteiger partial charge in [0.15, 0.2) is 0 Å². The second-order valence-corrected chi connectivity index (χ2v) is 6.11. The molecule has 2 aromatic rings. The molecule has 1 aliphatic rings. The number of thiophene rings is 1. The van der Waals surface area contributed by atoms with Crippen LogP contribution in [0.25, 0.3) is 10.2 Å². The van der Waals surface area contributed by atoms with Crippen LogP contribution in [0, 0.1) is 5.92 Å². The molecular formula is C14H17N3O2S. The zero-order valence-corrected chi connectivity index (χ0v) is 12.2. The number of hydrogen-bond donors (Lipinski definition) is 1. The Labute approximate surface area is 121 Å². The van der Waals surface area contributed by atoms with Crippen molar-refractivity contribution in [2.45, 2.75) is 6.42 Å². The summed E-state index contributed by atoms with van der Waals surface area (Å²) in [5, 5.41) is 0. The molecule has 106 valence electrons. The molecule has 3 rings (SSSR count). The molecular weight excluding hydrogens is 274 g/mol. The average Bonchev–Trinajstić information content (AvgIpc) is 3.05. The van der Waals surface area contributed by atoms with Crippen LogP contribution in [-0.4, -0.2) is 42.6 Å². The van der Waals surface area contributed by atoms with Crippen LogP contribution in [0.4, 0.5) is 5.69 Å². The molecule has 6 heteroatoms. The Hall–Kier alpha value is -1.66. The molecule has 1 aliphatic heterocycles. The lowest BCUT2D eigenvalue weighted by molar-refractivity contribution is 0.0781. The van der Waals surface area contributed by atoms with Crippen LogP contribution >= 0.6 is 11.3 Å². The van der Waals surface area contributed by atoms with Crippen LogP contribution in [0.1, 0.15) is 16.1 Å². The summed E-state index contributed by atoms with van der Waals surface area (Å²) in [7, 11) is 1.69. The fraction of sp³-hybridized carbons (Fsp3) is 0.429. The van der Waals surface area contributed by atoms with Crippen molar-refractivity contribution in [1.29, 1.82) is 0 Å². The molecule has 5 nitrogen and oxygen atoms in total. The number of hydrogen-bond acceptors (Lipinski definition) is 5. The van der Waals surface area contributed by atoms with Gasteiger partial charge in [-0.2, -0.15) is 0 Å². The Morgan fingerprint density at radius 3 is 3.25 bits per heavy atom. The zero-order chi connectivity index (χ0) is 14.1. The number of carbonyl (C=O) groups excluding carboxylic acids is 1. The Bertz CT molecular complexity index is 640. The topological polar surface area (TPSA) is 68.5 Å². The van der Waals surface area contributed by atoms with Gasteiger partial charge >= 0.3 is 0 Å². The van der Waals surface area contributed by atoms with E-state index in [4.69, 9.17) is 10.5 Å². The molecule has 0 spiro atoms. The highest BCUT2D eigenvalue weighted by atomic mass is 32.1. The number of nitrogens with zero attached hydrogens (tertiary/aromatic N) is 2. The number of ether oxygens (including phenoxy) is 1. The second kappa shape index (κ2) is 5.38. The van der Waals surface area contributed by atoms with E-state index in [2.05, 4.69) is 4.98 Å². The van der Waals surface area contributed by atoms with E-state index >= 15 is 0 Å². The number of fused-ring (bicyclic) bond motifs is 1. The highest BCUT2D eigenvalue weighted by Gasteiger charge is 2.29. The maximum Gasteiger partial charge on any atom is 0.266 e. The predicted molar refractivity (Wildman–Crippen MR) is 79.9 cm³/mol. The lowest BCUT2D eigenvalue weighted by Gasteiger charge is -2.15. The van der Waals surface area contributed by atoms with E-state index in [0.717, 1.165) is 29.7 Å². The van der Waals surface area contributed by atoms with Gasteiger partial charge in [0.2, 0.25) is 0 Å². The number of likely N-dealkylation sites (tertiary alicyclic amines) is 1. The highest BCUT2D eigenvalue weighted by molar-refractivity contribution is 7.21. The minimum absolute atomic E-state index is 0.0177. The van der Waals surface area contributed by atoms with E-state index in [0.29, 0.717) is 23.1 Å². The maximum atomic E-state index is 12.6. The van der Waals surface area contributed by atoms with Gasteiger partial charge < -0.3 is 15.4 Å². The molecule has 0 radical (unpaired) electrons. The van der Waals surface area contributed by atoms with Crippen LogP contribution in [0.15, 0.2) is 18.3 Å². The number of aromatic nitrogens is 1. The van der Waals surface area contributed by atoms with E-state index in [-0.39, 0.29) is 5.91 Å². The Balaban J connectivity index is 1.84. The fourth-order valence-electron chi connectivity index (χ4n) is 2.64. The van der Waals surface area contributed by atoms with E-state index in [1.165, 1.54) is 11.3 Å². The lowest BCUT2D eigenvalue weighted by Crippen LogP contribution is -2.29. The number of anilines is 1. The quantitative estimate of drug-likeness (QED) is 0.939. The Kier molecular flexibility index (Phi) is 3.58. The number of rotatable bonds is 3. The smallest absolute Gasteiger partial charge is 0.266 e. The van der Waals surface area contributed by atoms with Crippen molar-refractivity contribution in [3.8, 4) is 0 Å². The largest absolute Gasteiger partial charge is 0.396 e. The van der Waals surface area contributed by atoms with Crippen LogP contribution < -0.4 is 5.73 Å². The molecule has 20 heavy (non-hydrogen) atoms. The average molecular weight is 291 g/mol. The molecule has 1 unspecified atom stereocenters. The van der Waals surface area contributed by atoms with E-state index in [1.54, 1.807) is 13.3 Å². The molecule has 1 saturated heterocycles. The minimum atomic E-state index is 0.0177. The molecule has 0 saturated carbocycles. The number of nitrogens with two attached hydrogens (primary N) is 1. The third-order valence-corrected chi connectivity index (χ3v) is 4.80. The number of methoxy groups -OCH3 is 1. The molecule has 0 aromatic carbocycles. The molecule has 0 bridgehead atoms. The summed E-state index contributed by atoms with van der Waals surface area (Å²) in [6.07, 6.45) is 2.69. The highest BCUT2D eigenvalue weighted by Crippen LogP contribution is 2.33. The van der Waals surface area contributed by atoms with Crippen LogP contribution in [0.3, 0.4) is 0 Å². The van der Waals surface area contributed by atoms with Crippen LogP contribution in [0.2, 0.25) is 0 Å². The number of amides is 1. The van der Waals surface area contributed by atoms with Crippen molar-refractivity contribution in [2.75, 3.05) is 32.5 Å². The van der Waals surface area contributed by atoms with Crippen LogP contribution in [0.5, 0.6) is 0 Å². The number of pyridine rings is 1. The fourth-order valence-corrected chi connectivity index (χ4v) is 3.69. The predicted octanol–water partition coefficient (Wildman–Crippen LogP) is 1.99. The Morgan fingerprint density at radius 2 is 2.50 bits per heavy atom. The minimum Gasteiger partial charge on any atom is -0.396 e. The monoisotopic (exact) mass is 291 g/mol. The molecule has 2 aromatic heterocycles. The van der Waals surface area contributed by atoms with Gasteiger partial charge in [-0.05, 0) is 18.6 Å². The van der Waals surface area contributed by atoms with Gasteiger partial charge in [-0.25, -0.2) is 0 Å². The molecule has 1 amide bonds. The van der Waals surface area contributed by atoms with E-state index < -0.39 is 0 Å². The summed E-state index contributed by atoms with van der Waals surface area (Å²) in [5.74, 6) is 0.446. The second-order valence-electron chi connectivity index (χ2n) is 5.06. The number of carbonyl (C=O) groups is 1. The summed E-state index contributed by atoms with van der Waals surface area (Å²) >= 11 is 1.42. The van der Waals surface area contributed by atoms with E-state index in [1.807, 2.05) is 17.0 Å². The van der Waals surface area contributed by atoms with Crippen molar-refractivity contribution in [2.24, 2.45) is 5.92 Å². The first-order chi connectivity index (χ1) is 9.70. The lowest BCUT2D eigenvalue weighted by atomic mass is 10.1. The SMILES string of the molecule is COCC1CCN(C(=O)c2sc3cccnc3c2N)C1. The normalized spacial score (nSPS) is 18.9. The van der Waals surface area contributed by atoms with Crippen molar-refractivity contribution < 1.29 is 9.53 Å². The first kappa shape index (κ1) is 13.3. The van der Waals surface area contributed by atoms with Gasteiger partial charge in [-0.3, -0.25) is 9.78 Å². The van der Waals surface area contributed by atoms with Gasteiger partial charge in [0.05, 0.1) is 17.0 Å². The van der Waals surface area contributed by atoms with Gasteiger partial charge in [-0.15, -0.1) is 11.3 Å². The molecule has 0 aliphatic carbocycles. The zero-order valence-electron chi connectivity index (χ0n) is 11.3. The summed E-state index contributed by atoms with van der Waals surface area (Å²) in [5.41, 5.74) is 7.31. The summed E-state index contributed by atoms with van der Waals surface area (Å²) in [4.78, 5) is 19.3. The first-order valence-corrected chi connectivity index (χ1v) is 7.43. The Morgan fingerprint density at radius 1 is 1.65 bits per heavy atom. The van der Waals surface area contributed by atoms with Gasteiger partial charge in [-0.1, -0.05) is 0 Å². The van der Waals surface area contributed by atoms with Gasteiger partial charge in [0, 0.05) is 32.3 Å². The standard InChI is InChI=1S/C14H17N3O2S/c1-19-8-9-4-6-17(7-9)14(18)13-11(15)12-10(20-13)3-2-5-16-12/h2-3,5,9H,4,6-8,15H2,1H3. The van der Waals surface area contributed by atoms with Crippen LogP contribution in [-0.2, 0) is 4.74 Å². The number of nitrogen functional groups attached to an aromatic ring is 1. The molecule has 3 heterocycles. The molecule has 1 atom stereocenters. The van der Waals surface area contributed by atoms with Crippen molar-refractivity contribution in [3.63, 3.8) is 0 Å².